The fourth-order valence-electron chi connectivity index (χ4n) is 1.67. The number of hydrogen-bond donors (Lipinski definition) is 1. The zero-order chi connectivity index (χ0) is 16.1. The van der Waals surface area contributed by atoms with E-state index in [1.807, 2.05) is 6.92 Å². The molecule has 2 rings (SSSR count). The number of carboxylic acid groups (broad SMARTS) is 1. The average molecular weight is 323 g/mol. The summed E-state index contributed by atoms with van der Waals surface area (Å²) in [6.45, 7) is 6.01. The number of carboxylic acids is 1. The van der Waals surface area contributed by atoms with Gasteiger partial charge in [0.15, 0.2) is 0 Å². The minimum Gasteiger partial charge on any atom is -0.492 e. The zero-order valence-electron chi connectivity index (χ0n) is 12.0. The predicted octanol–water partition coefficient (Wildman–Crippen LogP) is 3.36. The van der Waals surface area contributed by atoms with Crippen molar-refractivity contribution in [3.05, 3.63) is 41.3 Å². The van der Waals surface area contributed by atoms with Crippen molar-refractivity contribution in [2.75, 3.05) is 6.61 Å². The fourth-order valence-corrected chi connectivity index (χ4v) is 1.91. The molecule has 0 saturated heterocycles. The molecule has 0 spiro atoms. The van der Waals surface area contributed by atoms with Gasteiger partial charge in [-0.1, -0.05) is 30.3 Å². The van der Waals surface area contributed by atoms with Gasteiger partial charge in [0, 0.05) is 11.1 Å². The zero-order valence-corrected chi connectivity index (χ0v) is 12.8. The molecule has 0 amide bonds. The number of benzene rings is 1. The molecule has 0 radical (unpaired) electrons. The van der Waals surface area contributed by atoms with Crippen molar-refractivity contribution >= 4 is 17.6 Å². The van der Waals surface area contributed by atoms with Gasteiger partial charge in [-0.2, -0.15) is 4.98 Å². The number of aliphatic carboxylic acids is 1. The first-order chi connectivity index (χ1) is 10.5. The summed E-state index contributed by atoms with van der Waals surface area (Å²) in [5, 5.41) is 13.0. The number of rotatable bonds is 7. The quantitative estimate of drug-likeness (QED) is 0.787. The number of aromatic nitrogens is 2. The molecule has 1 N–H and O–H groups in total. The lowest BCUT2D eigenvalue weighted by atomic mass is 10.2. The standard InChI is InChI=1S/C15H15ClN2O4/c1-3-6-21-12-5-4-10(8-11(12)16)14-17-13(22-18-14)7-9(2)15(19)20/h4-5,8H,2-3,6-7H2,1H3,(H,19,20). The molecule has 22 heavy (non-hydrogen) atoms. The van der Waals surface area contributed by atoms with Crippen molar-refractivity contribution in [2.24, 2.45) is 0 Å². The highest BCUT2D eigenvalue weighted by atomic mass is 35.5. The summed E-state index contributed by atoms with van der Waals surface area (Å²) in [4.78, 5) is 14.9. The van der Waals surface area contributed by atoms with Gasteiger partial charge < -0.3 is 14.4 Å². The Morgan fingerprint density at radius 3 is 2.91 bits per heavy atom. The number of carbonyl (C=O) groups is 1. The van der Waals surface area contributed by atoms with Crippen LogP contribution in [-0.2, 0) is 11.2 Å². The Kier molecular flexibility index (Phi) is 5.16. The van der Waals surface area contributed by atoms with Crippen molar-refractivity contribution < 1.29 is 19.2 Å². The summed E-state index contributed by atoms with van der Waals surface area (Å²) < 4.78 is 10.5. The third-order valence-electron chi connectivity index (χ3n) is 2.79. The Bertz CT molecular complexity index is 697. The van der Waals surface area contributed by atoms with Crippen LogP contribution in [0, 0.1) is 0 Å². The van der Waals surface area contributed by atoms with Gasteiger partial charge in [0.2, 0.25) is 11.7 Å². The molecule has 1 aromatic heterocycles. The van der Waals surface area contributed by atoms with Crippen molar-refractivity contribution in [2.45, 2.75) is 19.8 Å². The Balaban J connectivity index is 2.15. The number of ether oxygens (including phenoxy) is 1. The molecular weight excluding hydrogens is 308 g/mol. The third-order valence-corrected chi connectivity index (χ3v) is 3.08. The summed E-state index contributed by atoms with van der Waals surface area (Å²) in [6.07, 6.45) is 0.882. The molecule has 1 heterocycles. The maximum atomic E-state index is 10.7. The van der Waals surface area contributed by atoms with Gasteiger partial charge >= 0.3 is 5.97 Å². The van der Waals surface area contributed by atoms with Gasteiger partial charge in [0.25, 0.3) is 0 Å². The molecule has 0 aliphatic rings. The van der Waals surface area contributed by atoms with Crippen molar-refractivity contribution in [1.82, 2.24) is 10.1 Å². The highest BCUT2D eigenvalue weighted by Gasteiger charge is 2.14. The van der Waals surface area contributed by atoms with Crippen LogP contribution in [0.4, 0.5) is 0 Å². The van der Waals surface area contributed by atoms with Gasteiger partial charge in [-0.3, -0.25) is 0 Å². The van der Waals surface area contributed by atoms with Crippen molar-refractivity contribution in [3.63, 3.8) is 0 Å². The van der Waals surface area contributed by atoms with Crippen molar-refractivity contribution in [3.8, 4) is 17.1 Å². The van der Waals surface area contributed by atoms with E-state index in [1.165, 1.54) is 0 Å². The van der Waals surface area contributed by atoms with E-state index in [-0.39, 0.29) is 17.9 Å². The Hall–Kier alpha value is -2.34. The third kappa shape index (κ3) is 3.85. The first-order valence-corrected chi connectivity index (χ1v) is 7.05. The molecule has 0 bridgehead atoms. The van der Waals surface area contributed by atoms with Crippen molar-refractivity contribution in [1.29, 1.82) is 0 Å². The van der Waals surface area contributed by atoms with E-state index in [9.17, 15) is 4.79 Å². The molecule has 116 valence electrons. The van der Waals surface area contributed by atoms with Crippen LogP contribution in [0.3, 0.4) is 0 Å². The summed E-state index contributed by atoms with van der Waals surface area (Å²) in [6, 6.07) is 5.17. The highest BCUT2D eigenvalue weighted by molar-refractivity contribution is 6.32. The molecule has 2 aromatic rings. The van der Waals surface area contributed by atoms with Crippen LogP contribution in [0.1, 0.15) is 19.2 Å². The SMILES string of the molecule is C=C(Cc1nc(-c2ccc(OCCC)c(Cl)c2)no1)C(=O)O. The largest absolute Gasteiger partial charge is 0.492 e. The summed E-state index contributed by atoms with van der Waals surface area (Å²) in [5.41, 5.74) is 0.640. The Morgan fingerprint density at radius 1 is 1.50 bits per heavy atom. The molecule has 0 aliphatic heterocycles. The minimum absolute atomic E-state index is 0.00619. The fraction of sp³-hybridized carbons (Fsp3) is 0.267. The number of nitrogens with zero attached hydrogens (tertiary/aromatic N) is 2. The van der Waals surface area contributed by atoms with Crippen LogP contribution in [0.25, 0.3) is 11.4 Å². The van der Waals surface area contributed by atoms with E-state index in [4.69, 9.17) is 26.0 Å². The van der Waals surface area contributed by atoms with E-state index < -0.39 is 5.97 Å². The molecule has 0 aliphatic carbocycles. The normalized spacial score (nSPS) is 10.5. The molecule has 0 fully saturated rings. The van der Waals surface area contributed by atoms with Gasteiger partial charge in [0.05, 0.1) is 18.1 Å². The smallest absolute Gasteiger partial charge is 0.331 e. The van der Waals surface area contributed by atoms with Crippen LogP contribution in [-0.4, -0.2) is 27.8 Å². The van der Waals surface area contributed by atoms with Crippen LogP contribution in [0.2, 0.25) is 5.02 Å². The lowest BCUT2D eigenvalue weighted by molar-refractivity contribution is -0.132. The van der Waals surface area contributed by atoms with Gasteiger partial charge in [-0.15, -0.1) is 0 Å². The van der Waals surface area contributed by atoms with Gasteiger partial charge in [-0.05, 0) is 24.6 Å². The lowest BCUT2D eigenvalue weighted by Crippen LogP contribution is -2.02. The second kappa shape index (κ2) is 7.09. The molecule has 0 atom stereocenters. The molecule has 6 nitrogen and oxygen atoms in total. The summed E-state index contributed by atoms with van der Waals surface area (Å²) >= 11 is 6.14. The van der Waals surface area contributed by atoms with E-state index in [0.717, 1.165) is 6.42 Å². The minimum atomic E-state index is -1.10. The Morgan fingerprint density at radius 2 is 2.27 bits per heavy atom. The van der Waals surface area contributed by atoms with Crippen LogP contribution < -0.4 is 4.74 Å². The van der Waals surface area contributed by atoms with E-state index in [1.54, 1.807) is 18.2 Å². The van der Waals surface area contributed by atoms with E-state index in [2.05, 4.69) is 16.7 Å². The lowest BCUT2D eigenvalue weighted by Gasteiger charge is -2.07. The molecule has 0 saturated carbocycles. The molecule has 0 unspecified atom stereocenters. The first-order valence-electron chi connectivity index (χ1n) is 6.67. The first kappa shape index (κ1) is 16.0. The predicted molar refractivity (Wildman–Crippen MR) is 81.0 cm³/mol. The maximum absolute atomic E-state index is 10.7. The van der Waals surface area contributed by atoms with E-state index >= 15 is 0 Å². The van der Waals surface area contributed by atoms with Crippen LogP contribution in [0.15, 0.2) is 34.9 Å². The van der Waals surface area contributed by atoms with E-state index in [0.29, 0.717) is 28.8 Å². The topological polar surface area (TPSA) is 85.5 Å². The molecular formula is C15H15ClN2O4. The second-order valence-electron chi connectivity index (χ2n) is 4.59. The summed E-state index contributed by atoms with van der Waals surface area (Å²) in [5.74, 6) is 0.0115. The summed E-state index contributed by atoms with van der Waals surface area (Å²) in [7, 11) is 0. The number of hydrogen-bond acceptors (Lipinski definition) is 5. The van der Waals surface area contributed by atoms with Crippen LogP contribution in [0.5, 0.6) is 5.75 Å². The molecule has 1 aromatic carbocycles. The molecule has 7 heteroatoms. The average Bonchev–Trinajstić information content (AvgIpc) is 2.94. The Labute approximate surface area is 132 Å². The van der Waals surface area contributed by atoms with Crippen LogP contribution >= 0.6 is 11.6 Å². The number of halogens is 1. The monoisotopic (exact) mass is 322 g/mol. The van der Waals surface area contributed by atoms with Gasteiger partial charge in [0.1, 0.15) is 5.75 Å². The highest BCUT2D eigenvalue weighted by Crippen LogP contribution is 2.29. The second-order valence-corrected chi connectivity index (χ2v) is 5.00. The van der Waals surface area contributed by atoms with Gasteiger partial charge in [-0.25, -0.2) is 4.79 Å². The maximum Gasteiger partial charge on any atom is 0.331 e.